The molecule has 1 atom stereocenters. The van der Waals surface area contributed by atoms with E-state index >= 15 is 0 Å². The maximum absolute atomic E-state index is 4.36. The van der Waals surface area contributed by atoms with Crippen LogP contribution in [0.5, 0.6) is 0 Å². The summed E-state index contributed by atoms with van der Waals surface area (Å²) in [6, 6.07) is 2.59. The fourth-order valence-corrected chi connectivity index (χ4v) is 2.59. The zero-order valence-electron chi connectivity index (χ0n) is 10.4. The van der Waals surface area contributed by atoms with Crippen molar-refractivity contribution in [2.24, 2.45) is 0 Å². The summed E-state index contributed by atoms with van der Waals surface area (Å²) < 4.78 is 2.17. The largest absolute Gasteiger partial charge is 0.353 e. The Morgan fingerprint density at radius 2 is 2.41 bits per heavy atom. The van der Waals surface area contributed by atoms with E-state index in [0.29, 0.717) is 6.04 Å². The molecule has 3 nitrogen and oxygen atoms in total. The van der Waals surface area contributed by atoms with Crippen molar-refractivity contribution in [1.29, 1.82) is 0 Å². The molecule has 0 saturated carbocycles. The lowest BCUT2D eigenvalue weighted by Crippen LogP contribution is -2.20. The Labute approximate surface area is 107 Å². The second-order valence-corrected chi connectivity index (χ2v) is 5.11. The molecule has 2 rings (SSSR count). The third-order valence-electron chi connectivity index (χ3n) is 2.68. The number of hydrogen-bond donors (Lipinski definition) is 1. The van der Waals surface area contributed by atoms with Gasteiger partial charge in [-0.05, 0) is 42.2 Å². The molecule has 1 N–H and O–H groups in total. The van der Waals surface area contributed by atoms with E-state index in [1.165, 1.54) is 5.56 Å². The molecule has 0 aliphatic rings. The lowest BCUT2D eigenvalue weighted by Gasteiger charge is -2.15. The third-order valence-corrected chi connectivity index (χ3v) is 3.41. The van der Waals surface area contributed by atoms with Crippen LogP contribution in [0.25, 0.3) is 0 Å². The Balaban J connectivity index is 1.93. The van der Waals surface area contributed by atoms with Crippen molar-refractivity contribution in [1.82, 2.24) is 9.55 Å². The molecule has 4 heteroatoms. The fraction of sp³-hybridized carbons (Fsp3) is 0.462. The molecule has 0 fully saturated rings. The smallest absolute Gasteiger partial charge is 0.202 e. The normalized spacial score (nSPS) is 12.6. The molecule has 1 unspecified atom stereocenters. The van der Waals surface area contributed by atoms with Crippen LogP contribution in [0.1, 0.15) is 25.8 Å². The standard InChI is InChI=1S/C13H19N3S/c1-3-6-16-7-5-14-13(16)15-11(2)9-12-4-8-17-10-12/h4-5,7-8,10-11H,3,6,9H2,1-2H3,(H,14,15). The van der Waals surface area contributed by atoms with Gasteiger partial charge in [0.25, 0.3) is 0 Å². The Kier molecular flexibility index (Phi) is 4.20. The number of anilines is 1. The van der Waals surface area contributed by atoms with Gasteiger partial charge in [-0.1, -0.05) is 6.92 Å². The van der Waals surface area contributed by atoms with E-state index < -0.39 is 0 Å². The molecule has 2 aromatic heterocycles. The van der Waals surface area contributed by atoms with Crippen LogP contribution in [-0.4, -0.2) is 15.6 Å². The highest BCUT2D eigenvalue weighted by Gasteiger charge is 2.07. The van der Waals surface area contributed by atoms with Gasteiger partial charge in [0.1, 0.15) is 0 Å². The predicted molar refractivity (Wildman–Crippen MR) is 73.6 cm³/mol. The third kappa shape index (κ3) is 3.33. The number of imidazole rings is 1. The minimum absolute atomic E-state index is 0.405. The van der Waals surface area contributed by atoms with Crippen LogP contribution in [0.4, 0.5) is 5.95 Å². The van der Waals surface area contributed by atoms with Crippen LogP contribution in [0.2, 0.25) is 0 Å². The zero-order chi connectivity index (χ0) is 12.1. The van der Waals surface area contributed by atoms with Crippen LogP contribution >= 0.6 is 11.3 Å². The van der Waals surface area contributed by atoms with Gasteiger partial charge in [-0.15, -0.1) is 0 Å². The first-order valence-corrected chi connectivity index (χ1v) is 7.02. The van der Waals surface area contributed by atoms with Crippen molar-refractivity contribution in [3.05, 3.63) is 34.8 Å². The van der Waals surface area contributed by atoms with E-state index in [0.717, 1.165) is 25.3 Å². The highest BCUT2D eigenvalue weighted by molar-refractivity contribution is 7.07. The maximum Gasteiger partial charge on any atom is 0.202 e. The minimum Gasteiger partial charge on any atom is -0.353 e. The highest BCUT2D eigenvalue weighted by Crippen LogP contribution is 2.12. The molecular weight excluding hydrogens is 230 g/mol. The minimum atomic E-state index is 0.405. The van der Waals surface area contributed by atoms with Gasteiger partial charge in [0.15, 0.2) is 0 Å². The van der Waals surface area contributed by atoms with Crippen molar-refractivity contribution in [3.63, 3.8) is 0 Å². The Bertz CT molecular complexity index is 433. The second-order valence-electron chi connectivity index (χ2n) is 4.33. The summed E-state index contributed by atoms with van der Waals surface area (Å²) in [6.45, 7) is 5.40. The number of nitrogens with one attached hydrogen (secondary N) is 1. The van der Waals surface area contributed by atoms with Gasteiger partial charge in [0, 0.05) is 25.0 Å². The van der Waals surface area contributed by atoms with Crippen molar-refractivity contribution < 1.29 is 0 Å². The average Bonchev–Trinajstić information content (AvgIpc) is 2.92. The summed E-state index contributed by atoms with van der Waals surface area (Å²) in [6.07, 6.45) is 6.06. The van der Waals surface area contributed by atoms with E-state index in [4.69, 9.17) is 0 Å². The molecule has 0 saturated heterocycles. The number of thiophene rings is 1. The van der Waals surface area contributed by atoms with Gasteiger partial charge in [-0.25, -0.2) is 4.98 Å². The molecule has 0 amide bonds. The summed E-state index contributed by atoms with van der Waals surface area (Å²) in [5.74, 6) is 0.981. The molecule has 2 aromatic rings. The van der Waals surface area contributed by atoms with Gasteiger partial charge in [0.05, 0.1) is 0 Å². The fourth-order valence-electron chi connectivity index (χ4n) is 1.90. The number of aryl methyl sites for hydroxylation is 1. The maximum atomic E-state index is 4.36. The van der Waals surface area contributed by atoms with E-state index in [2.05, 4.69) is 45.5 Å². The van der Waals surface area contributed by atoms with Gasteiger partial charge in [-0.3, -0.25) is 0 Å². The summed E-state index contributed by atoms with van der Waals surface area (Å²) in [5, 5.41) is 7.80. The summed E-state index contributed by atoms with van der Waals surface area (Å²) >= 11 is 1.75. The van der Waals surface area contributed by atoms with E-state index in [1.807, 2.05) is 12.4 Å². The first kappa shape index (κ1) is 12.2. The predicted octanol–water partition coefficient (Wildman–Crippen LogP) is 3.40. The van der Waals surface area contributed by atoms with Crippen LogP contribution in [0.3, 0.4) is 0 Å². The Hall–Kier alpha value is -1.29. The molecule has 0 aliphatic heterocycles. The van der Waals surface area contributed by atoms with E-state index in [1.54, 1.807) is 11.3 Å². The number of nitrogens with zero attached hydrogens (tertiary/aromatic N) is 2. The molecule has 0 aliphatic carbocycles. The summed E-state index contributed by atoms with van der Waals surface area (Å²) in [7, 11) is 0. The van der Waals surface area contributed by atoms with Crippen LogP contribution in [0.15, 0.2) is 29.2 Å². The second kappa shape index (κ2) is 5.87. The highest BCUT2D eigenvalue weighted by atomic mass is 32.1. The number of hydrogen-bond acceptors (Lipinski definition) is 3. The summed E-state index contributed by atoms with van der Waals surface area (Å²) in [5.41, 5.74) is 1.39. The lowest BCUT2D eigenvalue weighted by atomic mass is 10.1. The average molecular weight is 249 g/mol. The van der Waals surface area contributed by atoms with Crippen LogP contribution in [-0.2, 0) is 13.0 Å². The van der Waals surface area contributed by atoms with Gasteiger partial charge in [-0.2, -0.15) is 11.3 Å². The topological polar surface area (TPSA) is 29.9 Å². The SMILES string of the molecule is CCCn1ccnc1NC(C)Cc1ccsc1. The molecule has 0 bridgehead atoms. The first-order valence-electron chi connectivity index (χ1n) is 6.08. The number of aromatic nitrogens is 2. The number of rotatable bonds is 6. The van der Waals surface area contributed by atoms with Gasteiger partial charge < -0.3 is 9.88 Å². The van der Waals surface area contributed by atoms with Gasteiger partial charge in [0.2, 0.25) is 5.95 Å². The van der Waals surface area contributed by atoms with E-state index in [-0.39, 0.29) is 0 Å². The first-order chi connectivity index (χ1) is 8.29. The lowest BCUT2D eigenvalue weighted by molar-refractivity contribution is 0.668. The van der Waals surface area contributed by atoms with Gasteiger partial charge >= 0.3 is 0 Å². The van der Waals surface area contributed by atoms with Crippen molar-refractivity contribution in [2.45, 2.75) is 39.3 Å². The zero-order valence-corrected chi connectivity index (χ0v) is 11.2. The molecule has 2 heterocycles. The van der Waals surface area contributed by atoms with Crippen LogP contribution in [0, 0.1) is 0 Å². The Morgan fingerprint density at radius 3 is 3.12 bits per heavy atom. The molecule has 92 valence electrons. The van der Waals surface area contributed by atoms with E-state index in [9.17, 15) is 0 Å². The Morgan fingerprint density at radius 1 is 1.53 bits per heavy atom. The van der Waals surface area contributed by atoms with Crippen molar-refractivity contribution in [3.8, 4) is 0 Å². The molecule has 0 aromatic carbocycles. The molecular formula is C13H19N3S. The quantitative estimate of drug-likeness (QED) is 0.850. The van der Waals surface area contributed by atoms with Crippen LogP contribution < -0.4 is 5.32 Å². The molecule has 17 heavy (non-hydrogen) atoms. The monoisotopic (exact) mass is 249 g/mol. The van der Waals surface area contributed by atoms with Crippen molar-refractivity contribution in [2.75, 3.05) is 5.32 Å². The van der Waals surface area contributed by atoms with Crippen molar-refractivity contribution >= 4 is 17.3 Å². The summed E-state index contributed by atoms with van der Waals surface area (Å²) in [4.78, 5) is 4.36. The molecule has 0 spiro atoms. The molecule has 0 radical (unpaired) electrons.